The van der Waals surface area contributed by atoms with Crippen molar-refractivity contribution in [1.29, 1.82) is 0 Å². The zero-order chi connectivity index (χ0) is 21.3. The summed E-state index contributed by atoms with van der Waals surface area (Å²) in [7, 11) is -3.12. The Kier molecular flexibility index (Phi) is 12.3. The van der Waals surface area contributed by atoms with Gasteiger partial charge < -0.3 is 15.4 Å². The summed E-state index contributed by atoms with van der Waals surface area (Å²) < 4.78 is 31.9. The number of nitrogens with one attached hydrogen (secondary N) is 2. The Morgan fingerprint density at radius 3 is 2.63 bits per heavy atom. The van der Waals surface area contributed by atoms with Crippen molar-refractivity contribution in [3.63, 3.8) is 0 Å². The van der Waals surface area contributed by atoms with E-state index in [-0.39, 0.29) is 41.9 Å². The maximum Gasteiger partial charge on any atom is 0.214 e. The molecule has 0 amide bonds. The van der Waals surface area contributed by atoms with Crippen molar-refractivity contribution in [2.24, 2.45) is 4.99 Å². The van der Waals surface area contributed by atoms with Gasteiger partial charge in [0.1, 0.15) is 11.9 Å². The molecule has 2 N–H and O–H groups in total. The van der Waals surface area contributed by atoms with Gasteiger partial charge in [-0.25, -0.2) is 17.7 Å². The summed E-state index contributed by atoms with van der Waals surface area (Å²) in [4.78, 5) is 4.63. The zero-order valence-electron chi connectivity index (χ0n) is 17.9. The standard InChI is InChI=1S/C20H33ClN4O3S.HI/c1-4-13-29(26,27)25-11-9-18(10-12-25)24-20(22-5-2)23-15-16(3)28-19-8-6-7-17(21)14-19;/h6-8,14,16,18H,4-5,9-13,15H2,1-3H3,(H2,22,23,24);1H. The van der Waals surface area contributed by atoms with Crippen LogP contribution in [0, 0.1) is 0 Å². The molecule has 7 nitrogen and oxygen atoms in total. The quantitative estimate of drug-likeness (QED) is 0.269. The normalized spacial score (nSPS) is 17.1. The molecular weight excluding hydrogens is 539 g/mol. The molecule has 2 rings (SSSR count). The maximum absolute atomic E-state index is 12.2. The van der Waals surface area contributed by atoms with Crippen molar-refractivity contribution in [1.82, 2.24) is 14.9 Å². The molecule has 0 saturated carbocycles. The fourth-order valence-electron chi connectivity index (χ4n) is 3.21. The zero-order valence-corrected chi connectivity index (χ0v) is 21.8. The number of sulfonamides is 1. The lowest BCUT2D eigenvalue weighted by molar-refractivity contribution is 0.230. The summed E-state index contributed by atoms with van der Waals surface area (Å²) >= 11 is 5.99. The van der Waals surface area contributed by atoms with Crippen LogP contribution >= 0.6 is 35.6 Å². The molecule has 1 heterocycles. The van der Waals surface area contributed by atoms with Crippen molar-refractivity contribution >= 4 is 51.6 Å². The molecule has 172 valence electrons. The predicted molar refractivity (Wildman–Crippen MR) is 135 cm³/mol. The van der Waals surface area contributed by atoms with Crippen LogP contribution in [0.5, 0.6) is 5.75 Å². The highest BCUT2D eigenvalue weighted by Crippen LogP contribution is 2.18. The number of hydrogen-bond donors (Lipinski definition) is 2. The van der Waals surface area contributed by atoms with Gasteiger partial charge >= 0.3 is 0 Å². The highest BCUT2D eigenvalue weighted by atomic mass is 127. The molecule has 1 atom stereocenters. The van der Waals surface area contributed by atoms with Gasteiger partial charge in [-0.15, -0.1) is 24.0 Å². The molecule has 1 aliphatic heterocycles. The predicted octanol–water partition coefficient (Wildman–Crippen LogP) is 3.48. The van der Waals surface area contributed by atoms with Gasteiger partial charge in [0.15, 0.2) is 5.96 Å². The van der Waals surface area contributed by atoms with E-state index in [1.54, 1.807) is 10.4 Å². The lowest BCUT2D eigenvalue weighted by Gasteiger charge is -2.32. The van der Waals surface area contributed by atoms with Crippen LogP contribution < -0.4 is 15.4 Å². The second kappa shape index (κ2) is 13.6. The molecule has 10 heteroatoms. The third kappa shape index (κ3) is 9.15. The third-order valence-corrected chi connectivity index (χ3v) is 6.95. The summed E-state index contributed by atoms with van der Waals surface area (Å²) in [5.41, 5.74) is 0. The van der Waals surface area contributed by atoms with E-state index in [2.05, 4.69) is 15.6 Å². The number of nitrogens with zero attached hydrogens (tertiary/aromatic N) is 2. The summed E-state index contributed by atoms with van der Waals surface area (Å²) in [6, 6.07) is 7.52. The van der Waals surface area contributed by atoms with Gasteiger partial charge in [0, 0.05) is 30.7 Å². The first-order chi connectivity index (χ1) is 13.8. The van der Waals surface area contributed by atoms with Crippen LogP contribution in [0.1, 0.15) is 40.0 Å². The van der Waals surface area contributed by atoms with E-state index in [4.69, 9.17) is 16.3 Å². The average molecular weight is 573 g/mol. The third-order valence-electron chi connectivity index (χ3n) is 4.63. The molecule has 0 aromatic heterocycles. The highest BCUT2D eigenvalue weighted by molar-refractivity contribution is 14.0. The summed E-state index contributed by atoms with van der Waals surface area (Å²) in [5.74, 6) is 1.67. The Bertz CT molecular complexity index is 771. The van der Waals surface area contributed by atoms with Crippen LogP contribution in [0.3, 0.4) is 0 Å². The topological polar surface area (TPSA) is 83.0 Å². The van der Waals surface area contributed by atoms with E-state index in [0.29, 0.717) is 31.1 Å². The van der Waals surface area contributed by atoms with E-state index < -0.39 is 10.0 Å². The van der Waals surface area contributed by atoms with Crippen molar-refractivity contribution in [3.8, 4) is 5.75 Å². The number of guanidine groups is 1. The molecular formula is C20H34ClIN4O3S. The monoisotopic (exact) mass is 572 g/mol. The molecule has 1 fully saturated rings. The van der Waals surface area contributed by atoms with E-state index in [1.807, 2.05) is 39.0 Å². The number of benzene rings is 1. The Hall–Kier alpha value is -0.780. The minimum atomic E-state index is -3.12. The SMILES string of the molecule is CCCS(=O)(=O)N1CCC(NC(=NCC(C)Oc2cccc(Cl)c2)NCC)CC1.I. The van der Waals surface area contributed by atoms with E-state index in [0.717, 1.165) is 31.1 Å². The summed E-state index contributed by atoms with van der Waals surface area (Å²) in [6.07, 6.45) is 2.07. The van der Waals surface area contributed by atoms with Crippen molar-refractivity contribution < 1.29 is 13.2 Å². The average Bonchev–Trinajstić information content (AvgIpc) is 2.67. The van der Waals surface area contributed by atoms with Crippen molar-refractivity contribution in [2.45, 2.75) is 52.2 Å². The number of hydrogen-bond acceptors (Lipinski definition) is 4. The van der Waals surface area contributed by atoms with Crippen LogP contribution in [-0.2, 0) is 10.0 Å². The molecule has 1 saturated heterocycles. The molecule has 30 heavy (non-hydrogen) atoms. The number of aliphatic imine (C=N–C) groups is 1. The lowest BCUT2D eigenvalue weighted by atomic mass is 10.1. The number of piperidine rings is 1. The second-order valence-corrected chi connectivity index (χ2v) is 9.76. The van der Waals surface area contributed by atoms with E-state index >= 15 is 0 Å². The Morgan fingerprint density at radius 2 is 2.03 bits per heavy atom. The van der Waals surface area contributed by atoms with Gasteiger partial charge in [-0.05, 0) is 51.3 Å². The highest BCUT2D eigenvalue weighted by Gasteiger charge is 2.27. The van der Waals surface area contributed by atoms with Gasteiger partial charge in [0.25, 0.3) is 0 Å². The molecule has 0 bridgehead atoms. The first kappa shape index (κ1) is 27.3. The van der Waals surface area contributed by atoms with Gasteiger partial charge in [-0.3, -0.25) is 0 Å². The Balaban J connectivity index is 0.00000450. The number of ether oxygens (including phenoxy) is 1. The fraction of sp³-hybridized carbons (Fsp3) is 0.650. The number of halogens is 2. The first-order valence-electron chi connectivity index (χ1n) is 10.3. The minimum Gasteiger partial charge on any atom is -0.489 e. The van der Waals surface area contributed by atoms with Crippen LogP contribution in [0.4, 0.5) is 0 Å². The Morgan fingerprint density at radius 1 is 1.33 bits per heavy atom. The molecule has 0 radical (unpaired) electrons. The van der Waals surface area contributed by atoms with Crippen LogP contribution in [0.25, 0.3) is 0 Å². The lowest BCUT2D eigenvalue weighted by Crippen LogP contribution is -2.50. The van der Waals surface area contributed by atoms with Crippen LogP contribution in [-0.4, -0.2) is 62.8 Å². The Labute approximate surface area is 203 Å². The molecule has 1 unspecified atom stereocenters. The van der Waals surface area contributed by atoms with Gasteiger partial charge in [0.05, 0.1) is 12.3 Å². The van der Waals surface area contributed by atoms with Crippen molar-refractivity contribution in [3.05, 3.63) is 29.3 Å². The van der Waals surface area contributed by atoms with E-state index in [1.165, 1.54) is 0 Å². The molecule has 0 aliphatic carbocycles. The molecule has 1 aromatic carbocycles. The van der Waals surface area contributed by atoms with Gasteiger partial charge in [-0.2, -0.15) is 0 Å². The minimum absolute atomic E-state index is 0. The first-order valence-corrected chi connectivity index (χ1v) is 12.3. The van der Waals surface area contributed by atoms with Gasteiger partial charge in [-0.1, -0.05) is 24.6 Å². The van der Waals surface area contributed by atoms with Crippen LogP contribution in [0.15, 0.2) is 29.3 Å². The summed E-state index contributed by atoms with van der Waals surface area (Å²) in [5, 5.41) is 7.32. The fourth-order valence-corrected chi connectivity index (χ4v) is 4.93. The van der Waals surface area contributed by atoms with Crippen molar-refractivity contribution in [2.75, 3.05) is 31.9 Å². The summed E-state index contributed by atoms with van der Waals surface area (Å²) in [6.45, 7) is 8.21. The van der Waals surface area contributed by atoms with E-state index in [9.17, 15) is 8.42 Å². The number of rotatable bonds is 9. The maximum atomic E-state index is 12.2. The van der Waals surface area contributed by atoms with Gasteiger partial charge in [0.2, 0.25) is 10.0 Å². The smallest absolute Gasteiger partial charge is 0.214 e. The largest absolute Gasteiger partial charge is 0.489 e. The van der Waals surface area contributed by atoms with Crippen LogP contribution in [0.2, 0.25) is 5.02 Å². The second-order valence-electron chi connectivity index (χ2n) is 7.24. The molecule has 1 aliphatic rings. The molecule has 1 aromatic rings. The molecule has 0 spiro atoms.